The van der Waals surface area contributed by atoms with Gasteiger partial charge in [0, 0.05) is 19.3 Å². The molecule has 0 amide bonds. The van der Waals surface area contributed by atoms with Gasteiger partial charge in [-0.15, -0.1) is 5.10 Å². The molecular formula is C8H14N4. The summed E-state index contributed by atoms with van der Waals surface area (Å²) in [7, 11) is 0. The van der Waals surface area contributed by atoms with Crippen molar-refractivity contribution >= 4 is 5.82 Å². The molecule has 0 spiro atoms. The summed E-state index contributed by atoms with van der Waals surface area (Å²) in [6, 6.07) is 3.77. The first-order chi connectivity index (χ1) is 5.93. The van der Waals surface area contributed by atoms with Crippen molar-refractivity contribution in [2.75, 3.05) is 25.0 Å². The van der Waals surface area contributed by atoms with Gasteiger partial charge in [-0.2, -0.15) is 5.10 Å². The van der Waals surface area contributed by atoms with Crippen molar-refractivity contribution in [3.05, 3.63) is 18.3 Å². The predicted octanol–water partition coefficient (Wildman–Crippen LogP) is 0.498. The summed E-state index contributed by atoms with van der Waals surface area (Å²) in [5.74, 6) is 0.829. The maximum atomic E-state index is 3.89. The van der Waals surface area contributed by atoms with Crippen LogP contribution in [0.4, 0.5) is 5.82 Å². The highest BCUT2D eigenvalue weighted by atomic mass is 15.2. The third-order valence-electron chi connectivity index (χ3n) is 1.43. The fourth-order valence-corrected chi connectivity index (χ4v) is 0.852. The van der Waals surface area contributed by atoms with Gasteiger partial charge in [0.05, 0.1) is 0 Å². The van der Waals surface area contributed by atoms with Crippen LogP contribution in [0.2, 0.25) is 0 Å². The van der Waals surface area contributed by atoms with Crippen LogP contribution >= 0.6 is 0 Å². The number of hydrogen-bond donors (Lipinski definition) is 2. The minimum Gasteiger partial charge on any atom is -0.367 e. The summed E-state index contributed by atoms with van der Waals surface area (Å²) in [5.41, 5.74) is 0. The quantitative estimate of drug-likeness (QED) is 0.625. The highest BCUT2D eigenvalue weighted by molar-refractivity contribution is 5.31. The van der Waals surface area contributed by atoms with E-state index >= 15 is 0 Å². The van der Waals surface area contributed by atoms with E-state index in [1.165, 1.54) is 0 Å². The molecule has 0 aromatic carbocycles. The Morgan fingerprint density at radius 2 is 2.33 bits per heavy atom. The minimum atomic E-state index is 0.829. The second-order valence-corrected chi connectivity index (χ2v) is 2.39. The lowest BCUT2D eigenvalue weighted by Crippen LogP contribution is -2.21. The topological polar surface area (TPSA) is 49.8 Å². The van der Waals surface area contributed by atoms with Crippen molar-refractivity contribution in [2.24, 2.45) is 0 Å². The van der Waals surface area contributed by atoms with Crippen LogP contribution < -0.4 is 10.6 Å². The summed E-state index contributed by atoms with van der Waals surface area (Å²) < 4.78 is 0. The number of nitrogens with one attached hydrogen (secondary N) is 2. The number of rotatable bonds is 5. The van der Waals surface area contributed by atoms with E-state index in [4.69, 9.17) is 0 Å². The maximum absolute atomic E-state index is 3.89. The zero-order valence-electron chi connectivity index (χ0n) is 7.25. The van der Waals surface area contributed by atoms with E-state index in [0.717, 1.165) is 25.5 Å². The molecule has 0 fully saturated rings. The molecular weight excluding hydrogens is 152 g/mol. The fourth-order valence-electron chi connectivity index (χ4n) is 0.852. The molecule has 1 heterocycles. The molecule has 66 valence electrons. The van der Waals surface area contributed by atoms with Gasteiger partial charge in [0.15, 0.2) is 0 Å². The number of aromatic nitrogens is 2. The maximum Gasteiger partial charge on any atom is 0.148 e. The van der Waals surface area contributed by atoms with Crippen LogP contribution in [0.3, 0.4) is 0 Å². The van der Waals surface area contributed by atoms with Crippen LogP contribution in [0.1, 0.15) is 6.92 Å². The highest BCUT2D eigenvalue weighted by Gasteiger charge is 1.89. The molecule has 4 heteroatoms. The van der Waals surface area contributed by atoms with Crippen molar-refractivity contribution in [3.8, 4) is 0 Å². The summed E-state index contributed by atoms with van der Waals surface area (Å²) in [6.07, 6.45) is 1.66. The lowest BCUT2D eigenvalue weighted by Gasteiger charge is -2.03. The number of hydrogen-bond acceptors (Lipinski definition) is 4. The molecule has 0 bridgehead atoms. The SMILES string of the molecule is CCNCCNc1cccnn1. The van der Waals surface area contributed by atoms with E-state index < -0.39 is 0 Å². The minimum absolute atomic E-state index is 0.829. The van der Waals surface area contributed by atoms with Crippen molar-refractivity contribution < 1.29 is 0 Å². The fraction of sp³-hybridized carbons (Fsp3) is 0.500. The standard InChI is InChI=1S/C8H14N4/c1-2-9-6-7-10-8-4-3-5-11-12-8/h3-5,9H,2,6-7H2,1H3,(H,10,12). The lowest BCUT2D eigenvalue weighted by atomic mass is 10.5. The third-order valence-corrected chi connectivity index (χ3v) is 1.43. The normalized spacial score (nSPS) is 9.75. The molecule has 0 atom stereocenters. The molecule has 0 saturated carbocycles. The molecule has 12 heavy (non-hydrogen) atoms. The first-order valence-electron chi connectivity index (χ1n) is 4.15. The Labute approximate surface area is 72.4 Å². The molecule has 0 aliphatic heterocycles. The molecule has 4 nitrogen and oxygen atoms in total. The van der Waals surface area contributed by atoms with Crippen molar-refractivity contribution in [3.63, 3.8) is 0 Å². The first-order valence-corrected chi connectivity index (χ1v) is 4.15. The predicted molar refractivity (Wildman–Crippen MR) is 49.1 cm³/mol. The second kappa shape index (κ2) is 5.49. The molecule has 2 N–H and O–H groups in total. The van der Waals surface area contributed by atoms with Gasteiger partial charge in [-0.3, -0.25) is 0 Å². The van der Waals surface area contributed by atoms with Gasteiger partial charge in [0.25, 0.3) is 0 Å². The van der Waals surface area contributed by atoms with Gasteiger partial charge in [-0.05, 0) is 18.7 Å². The monoisotopic (exact) mass is 166 g/mol. The molecule has 1 aromatic rings. The zero-order valence-corrected chi connectivity index (χ0v) is 7.25. The van der Waals surface area contributed by atoms with E-state index in [1.807, 2.05) is 12.1 Å². The van der Waals surface area contributed by atoms with Crippen LogP contribution in [0.15, 0.2) is 18.3 Å². The van der Waals surface area contributed by atoms with Crippen molar-refractivity contribution in [2.45, 2.75) is 6.92 Å². The number of anilines is 1. The van der Waals surface area contributed by atoms with Gasteiger partial charge < -0.3 is 10.6 Å². The lowest BCUT2D eigenvalue weighted by molar-refractivity contribution is 0.737. The second-order valence-electron chi connectivity index (χ2n) is 2.39. The Kier molecular flexibility index (Phi) is 4.08. The smallest absolute Gasteiger partial charge is 0.148 e. The van der Waals surface area contributed by atoms with Gasteiger partial charge in [-0.25, -0.2) is 0 Å². The van der Waals surface area contributed by atoms with Crippen molar-refractivity contribution in [1.29, 1.82) is 0 Å². The van der Waals surface area contributed by atoms with Crippen molar-refractivity contribution in [1.82, 2.24) is 15.5 Å². The summed E-state index contributed by atoms with van der Waals surface area (Å²) in [6.45, 7) is 4.92. The first kappa shape index (κ1) is 8.93. The van der Waals surface area contributed by atoms with Gasteiger partial charge >= 0.3 is 0 Å². The molecule has 1 rings (SSSR count). The van der Waals surface area contributed by atoms with E-state index in [0.29, 0.717) is 0 Å². The van der Waals surface area contributed by atoms with E-state index in [1.54, 1.807) is 6.20 Å². The Balaban J connectivity index is 2.16. The van der Waals surface area contributed by atoms with E-state index in [-0.39, 0.29) is 0 Å². The highest BCUT2D eigenvalue weighted by Crippen LogP contribution is 1.95. The largest absolute Gasteiger partial charge is 0.367 e. The van der Waals surface area contributed by atoms with E-state index in [2.05, 4.69) is 27.8 Å². The van der Waals surface area contributed by atoms with E-state index in [9.17, 15) is 0 Å². The molecule has 0 aliphatic rings. The Morgan fingerprint density at radius 3 is 3.00 bits per heavy atom. The molecule has 0 unspecified atom stereocenters. The molecule has 0 aliphatic carbocycles. The average Bonchev–Trinajstić information content (AvgIpc) is 2.14. The summed E-state index contributed by atoms with van der Waals surface area (Å²) in [5, 5.41) is 14.0. The molecule has 1 aromatic heterocycles. The number of nitrogens with zero attached hydrogens (tertiary/aromatic N) is 2. The summed E-state index contributed by atoms with van der Waals surface area (Å²) >= 11 is 0. The average molecular weight is 166 g/mol. The zero-order chi connectivity index (χ0) is 8.65. The summed E-state index contributed by atoms with van der Waals surface area (Å²) in [4.78, 5) is 0. The van der Waals surface area contributed by atoms with Gasteiger partial charge in [0.1, 0.15) is 5.82 Å². The molecule has 0 saturated heterocycles. The Bertz CT molecular complexity index is 199. The Morgan fingerprint density at radius 1 is 1.42 bits per heavy atom. The van der Waals surface area contributed by atoms with Crippen LogP contribution in [0.5, 0.6) is 0 Å². The van der Waals surface area contributed by atoms with Gasteiger partial charge in [0.2, 0.25) is 0 Å². The Hall–Kier alpha value is -1.16. The van der Waals surface area contributed by atoms with Gasteiger partial charge in [-0.1, -0.05) is 6.92 Å². The van der Waals surface area contributed by atoms with Crippen LogP contribution in [-0.4, -0.2) is 29.8 Å². The van der Waals surface area contributed by atoms with Crippen LogP contribution in [0, 0.1) is 0 Å². The van der Waals surface area contributed by atoms with Crippen LogP contribution in [0.25, 0.3) is 0 Å². The number of likely N-dealkylation sites (N-methyl/N-ethyl adjacent to an activating group) is 1. The van der Waals surface area contributed by atoms with Crippen LogP contribution in [-0.2, 0) is 0 Å². The molecule has 0 radical (unpaired) electrons. The third kappa shape index (κ3) is 3.30.